The second-order valence-electron chi connectivity index (χ2n) is 5.70. The monoisotopic (exact) mass is 304 g/mol. The van der Waals surface area contributed by atoms with Gasteiger partial charge in [-0.1, -0.05) is 32.0 Å². The molecule has 1 aromatic heterocycles. The summed E-state index contributed by atoms with van der Waals surface area (Å²) < 4.78 is 5.86. The van der Waals surface area contributed by atoms with E-state index in [-0.39, 0.29) is 0 Å². The molecule has 0 atom stereocenters. The van der Waals surface area contributed by atoms with E-state index in [1.54, 1.807) is 11.3 Å². The number of nitrogens with one attached hydrogen (secondary N) is 1. The molecule has 4 heteroatoms. The van der Waals surface area contributed by atoms with Gasteiger partial charge in [-0.3, -0.25) is 0 Å². The van der Waals surface area contributed by atoms with Gasteiger partial charge in [0.15, 0.2) is 0 Å². The fraction of sp³-hybridized carbons (Fsp3) is 0.471. The Morgan fingerprint density at radius 1 is 1.24 bits per heavy atom. The summed E-state index contributed by atoms with van der Waals surface area (Å²) >= 11 is 1.74. The van der Waals surface area contributed by atoms with Crippen LogP contribution in [0.5, 0.6) is 5.75 Å². The van der Waals surface area contributed by atoms with E-state index in [9.17, 15) is 0 Å². The summed E-state index contributed by atoms with van der Waals surface area (Å²) in [6.45, 7) is 11.0. The highest BCUT2D eigenvalue weighted by atomic mass is 32.1. The van der Waals surface area contributed by atoms with E-state index < -0.39 is 0 Å². The first-order chi connectivity index (χ1) is 10.1. The Hall–Kier alpha value is -1.39. The number of aromatic nitrogens is 1. The Morgan fingerprint density at radius 3 is 2.71 bits per heavy atom. The van der Waals surface area contributed by atoms with Gasteiger partial charge < -0.3 is 10.1 Å². The quantitative estimate of drug-likeness (QED) is 0.837. The number of thiazole rings is 1. The number of hydrogen-bond donors (Lipinski definition) is 1. The topological polar surface area (TPSA) is 34.1 Å². The molecule has 0 aliphatic carbocycles. The first-order valence-electron chi connectivity index (χ1n) is 7.40. The van der Waals surface area contributed by atoms with Gasteiger partial charge in [0, 0.05) is 11.4 Å². The van der Waals surface area contributed by atoms with Crippen molar-refractivity contribution in [2.24, 2.45) is 5.92 Å². The molecule has 0 unspecified atom stereocenters. The number of ether oxygens (including phenoxy) is 1. The maximum atomic E-state index is 5.86. The van der Waals surface area contributed by atoms with E-state index in [0.717, 1.165) is 35.1 Å². The Balaban J connectivity index is 1.91. The van der Waals surface area contributed by atoms with Crippen LogP contribution in [0.1, 0.15) is 35.0 Å². The zero-order valence-electron chi connectivity index (χ0n) is 13.3. The van der Waals surface area contributed by atoms with Crippen molar-refractivity contribution in [1.29, 1.82) is 0 Å². The maximum absolute atomic E-state index is 5.86. The second-order valence-corrected chi connectivity index (χ2v) is 6.86. The van der Waals surface area contributed by atoms with Crippen molar-refractivity contribution in [3.05, 3.63) is 45.4 Å². The predicted molar refractivity (Wildman–Crippen MR) is 88.9 cm³/mol. The van der Waals surface area contributed by atoms with Crippen molar-refractivity contribution in [1.82, 2.24) is 10.3 Å². The normalized spacial score (nSPS) is 11.1. The summed E-state index contributed by atoms with van der Waals surface area (Å²) in [5.74, 6) is 1.60. The molecule has 2 rings (SSSR count). The molecule has 2 aromatic rings. The van der Waals surface area contributed by atoms with Crippen molar-refractivity contribution in [3.8, 4) is 5.75 Å². The third-order valence-electron chi connectivity index (χ3n) is 3.22. The lowest BCUT2D eigenvalue weighted by molar-refractivity contribution is 0.303. The smallest absolute Gasteiger partial charge is 0.140 e. The molecule has 21 heavy (non-hydrogen) atoms. The molecule has 0 saturated heterocycles. The third kappa shape index (κ3) is 4.83. The molecule has 0 fully saturated rings. The van der Waals surface area contributed by atoms with Gasteiger partial charge in [-0.25, -0.2) is 4.98 Å². The minimum atomic E-state index is 0.542. The first kappa shape index (κ1) is 16.0. The number of para-hydroxylation sites is 1. The van der Waals surface area contributed by atoms with E-state index in [4.69, 9.17) is 4.74 Å². The van der Waals surface area contributed by atoms with Crippen LogP contribution in [0.4, 0.5) is 0 Å². The summed E-state index contributed by atoms with van der Waals surface area (Å²) in [5.41, 5.74) is 2.27. The van der Waals surface area contributed by atoms with Crippen molar-refractivity contribution in [2.75, 3.05) is 6.54 Å². The van der Waals surface area contributed by atoms with E-state index in [2.05, 4.69) is 44.1 Å². The van der Waals surface area contributed by atoms with Crippen molar-refractivity contribution in [3.63, 3.8) is 0 Å². The fourth-order valence-corrected chi connectivity index (χ4v) is 3.00. The van der Waals surface area contributed by atoms with E-state index in [1.807, 2.05) is 18.2 Å². The van der Waals surface area contributed by atoms with Gasteiger partial charge in [-0.2, -0.15) is 0 Å². The van der Waals surface area contributed by atoms with Crippen LogP contribution in [0.2, 0.25) is 0 Å². The molecule has 114 valence electrons. The Morgan fingerprint density at radius 2 is 2.00 bits per heavy atom. The molecule has 0 amide bonds. The lowest BCUT2D eigenvalue weighted by atomic mass is 10.2. The van der Waals surface area contributed by atoms with Gasteiger partial charge in [0.1, 0.15) is 17.4 Å². The van der Waals surface area contributed by atoms with Crippen LogP contribution in [-0.2, 0) is 13.2 Å². The van der Waals surface area contributed by atoms with Crippen LogP contribution < -0.4 is 10.1 Å². The van der Waals surface area contributed by atoms with Crippen LogP contribution in [0.15, 0.2) is 24.3 Å². The fourth-order valence-electron chi connectivity index (χ4n) is 2.05. The largest absolute Gasteiger partial charge is 0.486 e. The van der Waals surface area contributed by atoms with E-state index in [0.29, 0.717) is 12.5 Å². The summed E-state index contributed by atoms with van der Waals surface area (Å²) in [6.07, 6.45) is 0. The van der Waals surface area contributed by atoms with Crippen LogP contribution >= 0.6 is 11.3 Å². The average molecular weight is 304 g/mol. The summed E-state index contributed by atoms with van der Waals surface area (Å²) in [5, 5.41) is 4.51. The molecule has 0 radical (unpaired) electrons. The number of hydrogen-bond acceptors (Lipinski definition) is 4. The summed E-state index contributed by atoms with van der Waals surface area (Å²) in [4.78, 5) is 5.91. The molecule has 1 aromatic carbocycles. The van der Waals surface area contributed by atoms with Gasteiger partial charge in [0.05, 0.1) is 5.69 Å². The number of benzene rings is 1. The standard InChI is InChI=1S/C17H24N2OS/c1-12(2)9-18-10-16-14(4)19-17(21-16)11-20-15-8-6-5-7-13(15)3/h5-8,12,18H,9-11H2,1-4H3. The van der Waals surface area contributed by atoms with Gasteiger partial charge in [-0.05, 0) is 37.9 Å². The molecular weight excluding hydrogens is 280 g/mol. The zero-order valence-corrected chi connectivity index (χ0v) is 14.1. The molecule has 0 saturated carbocycles. The molecule has 0 aliphatic heterocycles. The lowest BCUT2D eigenvalue weighted by Gasteiger charge is -2.06. The van der Waals surface area contributed by atoms with Crippen molar-refractivity contribution < 1.29 is 4.74 Å². The SMILES string of the molecule is Cc1ccccc1OCc1nc(C)c(CNCC(C)C)s1. The second kappa shape index (κ2) is 7.57. The van der Waals surface area contributed by atoms with Gasteiger partial charge in [0.25, 0.3) is 0 Å². The molecule has 1 N–H and O–H groups in total. The maximum Gasteiger partial charge on any atom is 0.140 e. The zero-order chi connectivity index (χ0) is 15.2. The minimum absolute atomic E-state index is 0.542. The van der Waals surface area contributed by atoms with E-state index >= 15 is 0 Å². The third-order valence-corrected chi connectivity index (χ3v) is 4.35. The summed E-state index contributed by atoms with van der Waals surface area (Å²) in [6, 6.07) is 8.08. The number of nitrogens with zero attached hydrogens (tertiary/aromatic N) is 1. The highest BCUT2D eigenvalue weighted by molar-refractivity contribution is 7.11. The molecule has 1 heterocycles. The van der Waals surface area contributed by atoms with Crippen LogP contribution in [-0.4, -0.2) is 11.5 Å². The highest BCUT2D eigenvalue weighted by Crippen LogP contribution is 2.22. The Labute approximate surface area is 131 Å². The van der Waals surface area contributed by atoms with Gasteiger partial charge in [0.2, 0.25) is 0 Å². The van der Waals surface area contributed by atoms with Crippen LogP contribution in [0.25, 0.3) is 0 Å². The molecular formula is C17H24N2OS. The van der Waals surface area contributed by atoms with Crippen LogP contribution in [0, 0.1) is 19.8 Å². The van der Waals surface area contributed by atoms with Gasteiger partial charge in [-0.15, -0.1) is 11.3 Å². The molecule has 3 nitrogen and oxygen atoms in total. The van der Waals surface area contributed by atoms with E-state index in [1.165, 1.54) is 4.88 Å². The molecule has 0 bridgehead atoms. The van der Waals surface area contributed by atoms with Crippen LogP contribution in [0.3, 0.4) is 0 Å². The van der Waals surface area contributed by atoms with Crippen molar-refractivity contribution in [2.45, 2.75) is 40.8 Å². The highest BCUT2D eigenvalue weighted by Gasteiger charge is 2.08. The van der Waals surface area contributed by atoms with Gasteiger partial charge >= 0.3 is 0 Å². The number of rotatable bonds is 7. The Kier molecular flexibility index (Phi) is 5.76. The molecule has 0 spiro atoms. The van der Waals surface area contributed by atoms with Crippen molar-refractivity contribution >= 4 is 11.3 Å². The predicted octanol–water partition coefficient (Wildman–Crippen LogP) is 4.08. The lowest BCUT2D eigenvalue weighted by Crippen LogP contribution is -2.18. The first-order valence-corrected chi connectivity index (χ1v) is 8.22. The number of aryl methyl sites for hydroxylation is 2. The minimum Gasteiger partial charge on any atom is -0.486 e. The summed E-state index contributed by atoms with van der Waals surface area (Å²) in [7, 11) is 0. The molecule has 0 aliphatic rings. The average Bonchev–Trinajstić information content (AvgIpc) is 2.78. The Bertz CT molecular complexity index is 578.